The van der Waals surface area contributed by atoms with Crippen molar-refractivity contribution in [2.24, 2.45) is 7.05 Å². The molecule has 3 rings (SSSR count). The minimum absolute atomic E-state index is 0.0877. The highest BCUT2D eigenvalue weighted by atomic mass is 79.9. The summed E-state index contributed by atoms with van der Waals surface area (Å²) in [6.45, 7) is 6.17. The second-order valence-corrected chi connectivity index (χ2v) is 11.1. The molecule has 2 aromatic heterocycles. The van der Waals surface area contributed by atoms with Gasteiger partial charge in [0.25, 0.3) is 10.0 Å². The van der Waals surface area contributed by atoms with Crippen LogP contribution in [0.3, 0.4) is 0 Å². The van der Waals surface area contributed by atoms with Crippen LogP contribution in [0.1, 0.15) is 21.7 Å². The van der Waals surface area contributed by atoms with Crippen LogP contribution >= 0.6 is 27.3 Å². The zero-order chi connectivity index (χ0) is 19.1. The summed E-state index contributed by atoms with van der Waals surface area (Å²) in [6.07, 6.45) is 0. The van der Waals surface area contributed by atoms with E-state index in [1.54, 1.807) is 12.1 Å². The summed E-state index contributed by atoms with van der Waals surface area (Å²) in [5, 5.41) is 0. The molecule has 0 atom stereocenters. The van der Waals surface area contributed by atoms with E-state index in [1.807, 2.05) is 36.4 Å². The Morgan fingerprint density at radius 2 is 1.85 bits per heavy atom. The standard InChI is InChI=1S/C17H22BrN3O3S2/c1-12-10-14(13(2)19(12)3)15(22)11-20-6-8-21(9-7-20)26(23,24)17-5-4-16(18)25-17/h4-5,10H,6-9,11H2,1-3H3. The van der Waals surface area contributed by atoms with E-state index in [4.69, 9.17) is 0 Å². The quantitative estimate of drug-likeness (QED) is 0.644. The third-order valence-corrected chi connectivity index (χ3v) is 8.91. The van der Waals surface area contributed by atoms with Gasteiger partial charge in [-0.25, -0.2) is 8.42 Å². The van der Waals surface area contributed by atoms with Crippen molar-refractivity contribution < 1.29 is 13.2 Å². The molecular formula is C17H22BrN3O3S2. The number of ketones is 1. The molecule has 3 heterocycles. The van der Waals surface area contributed by atoms with Gasteiger partial charge in [0.05, 0.1) is 10.3 Å². The van der Waals surface area contributed by atoms with Gasteiger partial charge in [-0.15, -0.1) is 11.3 Å². The number of nitrogens with zero attached hydrogens (tertiary/aromatic N) is 3. The number of carbonyl (C=O) groups is 1. The first-order chi connectivity index (χ1) is 12.2. The van der Waals surface area contributed by atoms with Crippen LogP contribution in [0.5, 0.6) is 0 Å². The molecule has 1 saturated heterocycles. The summed E-state index contributed by atoms with van der Waals surface area (Å²) >= 11 is 4.53. The van der Waals surface area contributed by atoms with Crippen molar-refractivity contribution in [3.05, 3.63) is 38.9 Å². The maximum absolute atomic E-state index is 12.7. The summed E-state index contributed by atoms with van der Waals surface area (Å²) in [5.74, 6) is 0.0877. The summed E-state index contributed by atoms with van der Waals surface area (Å²) in [7, 11) is -1.49. The molecule has 6 nitrogen and oxygen atoms in total. The van der Waals surface area contributed by atoms with E-state index < -0.39 is 10.0 Å². The fourth-order valence-electron chi connectivity index (χ4n) is 3.12. The average Bonchev–Trinajstić information content (AvgIpc) is 3.15. The Morgan fingerprint density at radius 1 is 1.19 bits per heavy atom. The number of thiophene rings is 1. The Hall–Kier alpha value is -1.00. The number of hydrogen-bond acceptors (Lipinski definition) is 5. The number of aromatic nitrogens is 1. The molecular weight excluding hydrogens is 438 g/mol. The first kappa shape index (κ1) is 19.8. The molecule has 0 N–H and O–H groups in total. The van der Waals surface area contributed by atoms with Gasteiger partial charge in [0.1, 0.15) is 4.21 Å². The molecule has 9 heteroatoms. The Morgan fingerprint density at radius 3 is 2.35 bits per heavy atom. The molecule has 0 bridgehead atoms. The Kier molecular flexibility index (Phi) is 5.74. The maximum atomic E-state index is 12.7. The molecule has 0 aromatic carbocycles. The molecule has 0 aliphatic carbocycles. The van der Waals surface area contributed by atoms with Crippen LogP contribution in [0.2, 0.25) is 0 Å². The molecule has 0 spiro atoms. The lowest BCUT2D eigenvalue weighted by Crippen LogP contribution is -2.49. The van der Waals surface area contributed by atoms with E-state index in [1.165, 1.54) is 15.6 Å². The van der Waals surface area contributed by atoms with E-state index in [0.29, 0.717) is 36.9 Å². The molecule has 1 fully saturated rings. The first-order valence-electron chi connectivity index (χ1n) is 8.34. The Labute approximate surface area is 166 Å². The highest BCUT2D eigenvalue weighted by Gasteiger charge is 2.30. The van der Waals surface area contributed by atoms with Crippen LogP contribution in [0.15, 0.2) is 26.2 Å². The van der Waals surface area contributed by atoms with Gasteiger partial charge in [-0.05, 0) is 48.0 Å². The zero-order valence-electron chi connectivity index (χ0n) is 15.0. The molecule has 1 aliphatic rings. The third kappa shape index (κ3) is 3.82. The number of carbonyl (C=O) groups excluding carboxylic acids is 1. The summed E-state index contributed by atoms with van der Waals surface area (Å²) in [6, 6.07) is 5.30. The highest BCUT2D eigenvalue weighted by molar-refractivity contribution is 9.11. The smallest absolute Gasteiger partial charge is 0.252 e. The van der Waals surface area contributed by atoms with Crippen molar-refractivity contribution in [1.82, 2.24) is 13.8 Å². The monoisotopic (exact) mass is 459 g/mol. The van der Waals surface area contributed by atoms with Crippen molar-refractivity contribution in [1.29, 1.82) is 0 Å². The predicted octanol–water partition coefficient (Wildman–Crippen LogP) is 2.66. The van der Waals surface area contributed by atoms with Crippen molar-refractivity contribution in [3.63, 3.8) is 0 Å². The number of hydrogen-bond donors (Lipinski definition) is 0. The SMILES string of the molecule is Cc1cc(C(=O)CN2CCN(S(=O)(=O)c3ccc(Br)s3)CC2)c(C)n1C. The molecule has 2 aromatic rings. The second kappa shape index (κ2) is 7.55. The lowest BCUT2D eigenvalue weighted by Gasteiger charge is -2.33. The molecule has 0 radical (unpaired) electrons. The fraction of sp³-hybridized carbons (Fsp3) is 0.471. The van der Waals surface area contributed by atoms with Crippen molar-refractivity contribution in [2.75, 3.05) is 32.7 Å². The molecule has 1 aliphatic heterocycles. The normalized spacial score (nSPS) is 16.9. The molecule has 26 heavy (non-hydrogen) atoms. The largest absolute Gasteiger partial charge is 0.351 e. The van der Waals surface area contributed by atoms with Gasteiger partial charge >= 0.3 is 0 Å². The maximum Gasteiger partial charge on any atom is 0.252 e. The number of halogens is 1. The number of rotatable bonds is 5. The number of piperazine rings is 1. The molecule has 0 amide bonds. The lowest BCUT2D eigenvalue weighted by atomic mass is 10.1. The van der Waals surface area contributed by atoms with Crippen LogP contribution in [0.4, 0.5) is 0 Å². The van der Waals surface area contributed by atoms with Gasteiger partial charge in [-0.2, -0.15) is 4.31 Å². The number of aryl methyl sites for hydroxylation is 1. The van der Waals surface area contributed by atoms with Crippen LogP contribution in [-0.4, -0.2) is 60.7 Å². The minimum Gasteiger partial charge on any atom is -0.351 e. The molecule has 142 valence electrons. The van der Waals surface area contributed by atoms with E-state index in [0.717, 1.165) is 20.7 Å². The molecule has 0 unspecified atom stereocenters. The second-order valence-electron chi connectivity index (χ2n) is 6.51. The molecule has 0 saturated carbocycles. The van der Waals surface area contributed by atoms with Crippen molar-refractivity contribution in [2.45, 2.75) is 18.1 Å². The first-order valence-corrected chi connectivity index (χ1v) is 11.4. The summed E-state index contributed by atoms with van der Waals surface area (Å²) in [5.41, 5.74) is 2.78. The highest BCUT2D eigenvalue weighted by Crippen LogP contribution is 2.29. The van der Waals surface area contributed by atoms with Crippen LogP contribution in [0, 0.1) is 13.8 Å². The van der Waals surface area contributed by atoms with Crippen molar-refractivity contribution >= 4 is 43.1 Å². The average molecular weight is 460 g/mol. The van der Waals surface area contributed by atoms with E-state index in [-0.39, 0.29) is 5.78 Å². The third-order valence-electron chi connectivity index (χ3n) is 4.92. The lowest BCUT2D eigenvalue weighted by molar-refractivity contribution is 0.0901. The van der Waals surface area contributed by atoms with Gasteiger partial charge in [0, 0.05) is 50.2 Å². The number of Topliss-reactive ketones (excluding diaryl/α,β-unsaturated/α-hetero) is 1. The van der Waals surface area contributed by atoms with Crippen molar-refractivity contribution in [3.8, 4) is 0 Å². The number of sulfonamides is 1. The van der Waals surface area contributed by atoms with E-state index in [9.17, 15) is 13.2 Å². The summed E-state index contributed by atoms with van der Waals surface area (Å²) < 4.78 is 30.0. The summed E-state index contributed by atoms with van der Waals surface area (Å²) in [4.78, 5) is 14.6. The zero-order valence-corrected chi connectivity index (χ0v) is 18.2. The Balaban J connectivity index is 1.62. The van der Waals surface area contributed by atoms with E-state index >= 15 is 0 Å². The van der Waals surface area contributed by atoms with Gasteiger partial charge in [0.15, 0.2) is 5.78 Å². The Bertz CT molecular complexity index is 925. The van der Waals surface area contributed by atoms with Crippen LogP contribution in [0.25, 0.3) is 0 Å². The van der Waals surface area contributed by atoms with Gasteiger partial charge in [-0.3, -0.25) is 9.69 Å². The minimum atomic E-state index is -3.45. The van der Waals surface area contributed by atoms with Gasteiger partial charge < -0.3 is 4.57 Å². The van der Waals surface area contributed by atoms with E-state index in [2.05, 4.69) is 15.9 Å². The van der Waals surface area contributed by atoms with Gasteiger partial charge in [-0.1, -0.05) is 0 Å². The fourth-order valence-corrected chi connectivity index (χ4v) is 6.70. The topological polar surface area (TPSA) is 62.6 Å². The van der Waals surface area contributed by atoms with Crippen LogP contribution < -0.4 is 0 Å². The van der Waals surface area contributed by atoms with Gasteiger partial charge in [0.2, 0.25) is 0 Å². The van der Waals surface area contributed by atoms with Crippen LogP contribution in [-0.2, 0) is 17.1 Å². The predicted molar refractivity (Wildman–Crippen MR) is 106 cm³/mol.